The lowest BCUT2D eigenvalue weighted by Gasteiger charge is -2.02. The van der Waals surface area contributed by atoms with Crippen LogP contribution in [-0.4, -0.2) is 21.6 Å². The molecule has 3 heterocycles. The van der Waals surface area contributed by atoms with Crippen molar-refractivity contribution in [2.45, 2.75) is 6.54 Å². The molecule has 9 heteroatoms. The maximum atomic E-state index is 12.4. The van der Waals surface area contributed by atoms with Crippen LogP contribution in [0.4, 0.5) is 5.00 Å². The summed E-state index contributed by atoms with van der Waals surface area (Å²) in [5, 5.41) is 11.1. The molecule has 4 aromatic rings. The van der Waals surface area contributed by atoms with Gasteiger partial charge in [0.25, 0.3) is 11.8 Å². The van der Waals surface area contributed by atoms with Crippen LogP contribution in [0.15, 0.2) is 71.6 Å². The number of furan rings is 1. The Morgan fingerprint density at radius 1 is 1.10 bits per heavy atom. The summed E-state index contributed by atoms with van der Waals surface area (Å²) in [6, 6.07) is 13.9. The number of hydrogen-bond donors (Lipinski definition) is 2. The van der Waals surface area contributed by atoms with E-state index in [1.807, 2.05) is 18.3 Å². The fourth-order valence-corrected chi connectivity index (χ4v) is 3.51. The molecule has 3 aromatic heterocycles. The molecule has 0 saturated heterocycles. The number of thiophene rings is 1. The zero-order valence-electron chi connectivity index (χ0n) is 15.0. The molecule has 2 amide bonds. The quantitative estimate of drug-likeness (QED) is 0.479. The van der Waals surface area contributed by atoms with Gasteiger partial charge in [0.15, 0.2) is 5.76 Å². The molecule has 7 nitrogen and oxygen atoms in total. The lowest BCUT2D eigenvalue weighted by molar-refractivity contribution is 0.0953. The van der Waals surface area contributed by atoms with Crippen molar-refractivity contribution in [1.29, 1.82) is 0 Å². The summed E-state index contributed by atoms with van der Waals surface area (Å²) in [5.74, 6) is -0.381. The summed E-state index contributed by atoms with van der Waals surface area (Å²) in [5.41, 5.74) is 1.73. The molecule has 0 aliphatic carbocycles. The first-order valence-electron chi connectivity index (χ1n) is 8.61. The maximum absolute atomic E-state index is 12.4. The normalized spacial score (nSPS) is 10.7. The Hall–Kier alpha value is -3.36. The zero-order chi connectivity index (χ0) is 20.2. The molecular weight excluding hydrogens is 412 g/mol. The highest BCUT2D eigenvalue weighted by Gasteiger charge is 2.13. The fraction of sp³-hybridized carbons (Fsp3) is 0.0500. The second kappa shape index (κ2) is 8.34. The summed E-state index contributed by atoms with van der Waals surface area (Å²) >= 11 is 7.08. The summed E-state index contributed by atoms with van der Waals surface area (Å²) < 4.78 is 6.76. The molecule has 0 radical (unpaired) electrons. The molecule has 0 aliphatic heterocycles. The van der Waals surface area contributed by atoms with Crippen LogP contribution in [0.2, 0.25) is 5.02 Å². The van der Waals surface area contributed by atoms with Crippen LogP contribution >= 0.6 is 22.9 Å². The van der Waals surface area contributed by atoms with Gasteiger partial charge in [-0.3, -0.25) is 9.59 Å². The van der Waals surface area contributed by atoms with Crippen molar-refractivity contribution in [2.24, 2.45) is 0 Å². The first kappa shape index (κ1) is 19.0. The molecule has 0 atom stereocenters. The minimum Gasteiger partial charge on any atom is -0.459 e. The second-order valence-corrected chi connectivity index (χ2v) is 7.57. The molecule has 0 saturated carbocycles. The lowest BCUT2D eigenvalue weighted by Crippen LogP contribution is -2.21. The van der Waals surface area contributed by atoms with Gasteiger partial charge in [0, 0.05) is 23.3 Å². The second-order valence-electron chi connectivity index (χ2n) is 6.05. The van der Waals surface area contributed by atoms with Crippen molar-refractivity contribution in [3.63, 3.8) is 0 Å². The summed E-state index contributed by atoms with van der Waals surface area (Å²) in [4.78, 5) is 24.9. The number of halogens is 1. The highest BCUT2D eigenvalue weighted by Crippen LogP contribution is 2.23. The van der Waals surface area contributed by atoms with E-state index in [2.05, 4.69) is 15.7 Å². The van der Waals surface area contributed by atoms with Crippen LogP contribution in [0, 0.1) is 0 Å². The molecule has 0 unspecified atom stereocenters. The van der Waals surface area contributed by atoms with Crippen molar-refractivity contribution < 1.29 is 14.0 Å². The van der Waals surface area contributed by atoms with Gasteiger partial charge in [-0.25, -0.2) is 4.68 Å². The smallest absolute Gasteiger partial charge is 0.291 e. The Kier molecular flexibility index (Phi) is 5.46. The number of carbonyl (C=O) groups excluding carboxylic acids is 2. The van der Waals surface area contributed by atoms with E-state index < -0.39 is 0 Å². The van der Waals surface area contributed by atoms with Crippen LogP contribution in [0.1, 0.15) is 25.8 Å². The van der Waals surface area contributed by atoms with Gasteiger partial charge in [0.05, 0.1) is 28.0 Å². The molecule has 1 aromatic carbocycles. The molecule has 2 N–H and O–H groups in total. The highest BCUT2D eigenvalue weighted by atomic mass is 35.5. The Balaban J connectivity index is 1.34. The third kappa shape index (κ3) is 4.56. The summed E-state index contributed by atoms with van der Waals surface area (Å²) in [7, 11) is 0. The lowest BCUT2D eigenvalue weighted by atomic mass is 10.3. The van der Waals surface area contributed by atoms with Gasteiger partial charge in [-0.2, -0.15) is 5.10 Å². The molecule has 4 rings (SSSR count). The molecule has 29 heavy (non-hydrogen) atoms. The standard InChI is InChI=1S/C20H15ClN4O3S/c21-14-3-5-15(6-4-14)25-12-13(11-23-25)10-22-20(27)17-7-8-18(29-17)24-19(26)16-2-1-9-28-16/h1-9,11-12H,10H2,(H,22,27)(H,24,26). The number of benzene rings is 1. The molecular formula is C20H15ClN4O3S. The van der Waals surface area contributed by atoms with Crippen molar-refractivity contribution >= 4 is 39.8 Å². The number of amides is 2. The number of aromatic nitrogens is 2. The van der Waals surface area contributed by atoms with Gasteiger partial charge < -0.3 is 15.1 Å². The number of anilines is 1. The third-order valence-electron chi connectivity index (χ3n) is 3.99. The van der Waals surface area contributed by atoms with Gasteiger partial charge in [0.2, 0.25) is 0 Å². The van der Waals surface area contributed by atoms with Crippen molar-refractivity contribution in [3.05, 3.63) is 88.4 Å². The Morgan fingerprint density at radius 2 is 1.93 bits per heavy atom. The van der Waals surface area contributed by atoms with Gasteiger partial charge in [-0.1, -0.05) is 11.6 Å². The van der Waals surface area contributed by atoms with Crippen LogP contribution < -0.4 is 10.6 Å². The first-order valence-corrected chi connectivity index (χ1v) is 9.80. The molecule has 0 bridgehead atoms. The molecule has 0 fully saturated rings. The van der Waals surface area contributed by atoms with Gasteiger partial charge in [-0.05, 0) is 48.5 Å². The van der Waals surface area contributed by atoms with Crippen molar-refractivity contribution in [2.75, 3.05) is 5.32 Å². The van der Waals surface area contributed by atoms with Crippen LogP contribution in [-0.2, 0) is 6.54 Å². The van der Waals surface area contributed by atoms with Gasteiger partial charge in [0.1, 0.15) is 0 Å². The van der Waals surface area contributed by atoms with Crippen molar-refractivity contribution in [1.82, 2.24) is 15.1 Å². The fourth-order valence-electron chi connectivity index (χ4n) is 2.56. The van der Waals surface area contributed by atoms with Crippen molar-refractivity contribution in [3.8, 4) is 5.69 Å². The number of nitrogens with zero attached hydrogens (tertiary/aromatic N) is 2. The molecule has 0 spiro atoms. The third-order valence-corrected chi connectivity index (χ3v) is 5.24. The average molecular weight is 427 g/mol. The minimum absolute atomic E-state index is 0.210. The van der Waals surface area contributed by atoms with Crippen LogP contribution in [0.25, 0.3) is 5.69 Å². The van der Waals surface area contributed by atoms with E-state index in [4.69, 9.17) is 16.0 Å². The minimum atomic E-state index is -0.363. The summed E-state index contributed by atoms with van der Waals surface area (Å²) in [6.45, 7) is 0.332. The summed E-state index contributed by atoms with van der Waals surface area (Å²) in [6.07, 6.45) is 4.96. The Morgan fingerprint density at radius 3 is 2.69 bits per heavy atom. The number of carbonyl (C=O) groups is 2. The molecule has 146 valence electrons. The first-order chi connectivity index (χ1) is 14.1. The number of nitrogens with one attached hydrogen (secondary N) is 2. The van der Waals surface area contributed by atoms with E-state index in [-0.39, 0.29) is 17.6 Å². The van der Waals surface area contributed by atoms with E-state index >= 15 is 0 Å². The van der Waals surface area contributed by atoms with E-state index in [1.165, 1.54) is 17.6 Å². The Labute approximate surface area is 174 Å². The van der Waals surface area contributed by atoms with E-state index in [1.54, 1.807) is 47.3 Å². The van der Waals surface area contributed by atoms with Crippen LogP contribution in [0.5, 0.6) is 0 Å². The zero-order valence-corrected chi connectivity index (χ0v) is 16.5. The Bertz CT molecular complexity index is 1130. The highest BCUT2D eigenvalue weighted by molar-refractivity contribution is 7.18. The largest absolute Gasteiger partial charge is 0.459 e. The number of hydrogen-bond acceptors (Lipinski definition) is 5. The average Bonchev–Trinajstić information content (AvgIpc) is 3.48. The van der Waals surface area contributed by atoms with Crippen LogP contribution in [0.3, 0.4) is 0 Å². The predicted molar refractivity (Wildman–Crippen MR) is 111 cm³/mol. The van der Waals surface area contributed by atoms with E-state index in [0.717, 1.165) is 11.3 Å². The topological polar surface area (TPSA) is 89.2 Å². The van der Waals surface area contributed by atoms with Gasteiger partial charge >= 0.3 is 0 Å². The molecule has 0 aliphatic rings. The van der Waals surface area contributed by atoms with Gasteiger partial charge in [-0.15, -0.1) is 11.3 Å². The predicted octanol–water partition coefficient (Wildman–Crippen LogP) is 4.36. The monoisotopic (exact) mass is 426 g/mol. The van der Waals surface area contributed by atoms with E-state index in [0.29, 0.717) is 21.4 Å². The maximum Gasteiger partial charge on any atom is 0.291 e. The SMILES string of the molecule is O=C(Nc1ccc(C(=O)NCc2cnn(-c3ccc(Cl)cc3)c2)s1)c1ccco1. The van der Waals surface area contributed by atoms with E-state index in [9.17, 15) is 9.59 Å². The number of rotatable bonds is 6.